The molecule has 1 heterocycles. The molecule has 1 amide bonds. The summed E-state index contributed by atoms with van der Waals surface area (Å²) < 4.78 is 0. The van der Waals surface area contributed by atoms with Crippen LogP contribution in [0.3, 0.4) is 0 Å². The third-order valence-electron chi connectivity index (χ3n) is 4.46. The van der Waals surface area contributed by atoms with Crippen molar-refractivity contribution >= 4 is 5.91 Å². The van der Waals surface area contributed by atoms with Crippen molar-refractivity contribution in [2.24, 2.45) is 17.8 Å². The fourth-order valence-corrected chi connectivity index (χ4v) is 3.22. The molecule has 0 aromatic carbocycles. The molecule has 1 aliphatic heterocycles. The molecule has 2 aliphatic rings. The Morgan fingerprint density at radius 1 is 1.31 bits per heavy atom. The first-order chi connectivity index (χ1) is 7.52. The largest absolute Gasteiger partial charge is 0.323 e. The minimum atomic E-state index is 0.255. The maximum atomic E-state index is 12.0. The molecule has 2 rings (SSSR count). The first-order valence-corrected chi connectivity index (χ1v) is 6.57. The molecule has 0 bridgehead atoms. The van der Waals surface area contributed by atoms with Crippen molar-refractivity contribution in [3.8, 4) is 0 Å². The Bertz CT molecular complexity index is 277. The number of nitrogens with zero attached hydrogens (tertiary/aromatic N) is 1. The average molecular weight is 224 g/mol. The van der Waals surface area contributed by atoms with Crippen molar-refractivity contribution in [1.29, 1.82) is 0 Å². The van der Waals surface area contributed by atoms with Crippen LogP contribution in [0.25, 0.3) is 0 Å². The smallest absolute Gasteiger partial charge is 0.238 e. The Balaban J connectivity index is 2.14. The van der Waals surface area contributed by atoms with Gasteiger partial charge in [0.05, 0.1) is 12.7 Å². The van der Waals surface area contributed by atoms with Crippen LogP contribution in [0.4, 0.5) is 0 Å². The van der Waals surface area contributed by atoms with E-state index in [4.69, 9.17) is 0 Å². The van der Waals surface area contributed by atoms with Crippen molar-refractivity contribution in [2.75, 3.05) is 6.54 Å². The topological polar surface area (TPSA) is 32.3 Å². The summed E-state index contributed by atoms with van der Waals surface area (Å²) in [5, 5.41) is 3.34. The maximum absolute atomic E-state index is 12.0. The van der Waals surface area contributed by atoms with Gasteiger partial charge in [0.25, 0.3) is 0 Å². The highest BCUT2D eigenvalue weighted by Gasteiger charge is 2.43. The minimum Gasteiger partial charge on any atom is -0.323 e. The second-order valence-corrected chi connectivity index (χ2v) is 5.85. The van der Waals surface area contributed by atoms with Crippen LogP contribution >= 0.6 is 0 Å². The van der Waals surface area contributed by atoms with Crippen LogP contribution in [-0.4, -0.2) is 29.6 Å². The lowest BCUT2D eigenvalue weighted by Crippen LogP contribution is -2.48. The summed E-state index contributed by atoms with van der Waals surface area (Å²) in [4.78, 5) is 14.1. The summed E-state index contributed by atoms with van der Waals surface area (Å²) in [6.45, 7) is 9.51. The van der Waals surface area contributed by atoms with Crippen molar-refractivity contribution in [2.45, 2.75) is 52.7 Å². The molecule has 1 aliphatic carbocycles. The van der Waals surface area contributed by atoms with Gasteiger partial charge >= 0.3 is 0 Å². The van der Waals surface area contributed by atoms with Gasteiger partial charge in [0.1, 0.15) is 0 Å². The van der Waals surface area contributed by atoms with Crippen molar-refractivity contribution in [1.82, 2.24) is 10.2 Å². The SMILES string of the molecule is CC(C)C1NCC(=O)N1C1CCC(C)C1C. The molecule has 4 unspecified atom stereocenters. The Morgan fingerprint density at radius 3 is 2.50 bits per heavy atom. The second kappa shape index (κ2) is 4.36. The summed E-state index contributed by atoms with van der Waals surface area (Å²) in [7, 11) is 0. The molecule has 3 nitrogen and oxygen atoms in total. The molecule has 0 aromatic rings. The monoisotopic (exact) mass is 224 g/mol. The zero-order valence-corrected chi connectivity index (χ0v) is 10.9. The lowest BCUT2D eigenvalue weighted by molar-refractivity contribution is -0.131. The van der Waals surface area contributed by atoms with E-state index in [0.717, 1.165) is 5.92 Å². The molecule has 0 spiro atoms. The zero-order chi connectivity index (χ0) is 11.9. The van der Waals surface area contributed by atoms with E-state index >= 15 is 0 Å². The zero-order valence-electron chi connectivity index (χ0n) is 10.9. The molecule has 16 heavy (non-hydrogen) atoms. The van der Waals surface area contributed by atoms with Gasteiger partial charge in [-0.1, -0.05) is 27.7 Å². The van der Waals surface area contributed by atoms with Gasteiger partial charge in [0.15, 0.2) is 0 Å². The number of hydrogen-bond donors (Lipinski definition) is 1. The van der Waals surface area contributed by atoms with E-state index in [-0.39, 0.29) is 6.17 Å². The van der Waals surface area contributed by atoms with Crippen LogP contribution < -0.4 is 5.32 Å². The maximum Gasteiger partial charge on any atom is 0.238 e. The highest BCUT2D eigenvalue weighted by molar-refractivity contribution is 5.81. The van der Waals surface area contributed by atoms with E-state index in [1.807, 2.05) is 0 Å². The summed E-state index contributed by atoms with van der Waals surface area (Å²) in [6.07, 6.45) is 2.70. The molecule has 2 fully saturated rings. The fourth-order valence-electron chi connectivity index (χ4n) is 3.22. The number of amides is 1. The van der Waals surface area contributed by atoms with E-state index in [1.165, 1.54) is 12.8 Å². The van der Waals surface area contributed by atoms with Gasteiger partial charge in [0.2, 0.25) is 5.91 Å². The molecule has 0 radical (unpaired) electrons. The Morgan fingerprint density at radius 2 is 2.00 bits per heavy atom. The number of hydrogen-bond acceptors (Lipinski definition) is 2. The standard InChI is InChI=1S/C13H24N2O/c1-8(2)13-14-7-12(16)15(13)11-6-5-9(3)10(11)4/h8-11,13-14H,5-7H2,1-4H3. The lowest BCUT2D eigenvalue weighted by atomic mass is 9.96. The van der Waals surface area contributed by atoms with E-state index in [9.17, 15) is 4.79 Å². The second-order valence-electron chi connectivity index (χ2n) is 5.85. The van der Waals surface area contributed by atoms with Gasteiger partial charge < -0.3 is 4.90 Å². The number of nitrogens with one attached hydrogen (secondary N) is 1. The number of carbonyl (C=O) groups is 1. The molecule has 4 atom stereocenters. The third-order valence-corrected chi connectivity index (χ3v) is 4.46. The summed E-state index contributed by atoms with van der Waals surface area (Å²) >= 11 is 0. The number of rotatable bonds is 2. The molecule has 1 N–H and O–H groups in total. The van der Waals surface area contributed by atoms with Crippen molar-refractivity contribution < 1.29 is 4.79 Å². The molecule has 1 saturated carbocycles. The van der Waals surface area contributed by atoms with Gasteiger partial charge in [-0.3, -0.25) is 10.1 Å². The first kappa shape index (κ1) is 11.9. The van der Waals surface area contributed by atoms with E-state index < -0.39 is 0 Å². The quantitative estimate of drug-likeness (QED) is 0.776. The molecular formula is C13H24N2O. The molecular weight excluding hydrogens is 200 g/mol. The van der Waals surface area contributed by atoms with Crippen LogP contribution in [0.15, 0.2) is 0 Å². The van der Waals surface area contributed by atoms with Crippen molar-refractivity contribution in [3.05, 3.63) is 0 Å². The average Bonchev–Trinajstić information content (AvgIpc) is 2.73. The van der Waals surface area contributed by atoms with Crippen LogP contribution in [0.1, 0.15) is 40.5 Å². The van der Waals surface area contributed by atoms with Gasteiger partial charge in [-0.25, -0.2) is 0 Å². The van der Waals surface area contributed by atoms with Gasteiger partial charge in [0, 0.05) is 6.04 Å². The molecule has 92 valence electrons. The van der Waals surface area contributed by atoms with Crippen LogP contribution in [0, 0.1) is 17.8 Å². The molecule has 0 aromatic heterocycles. The normalized spacial score (nSPS) is 40.1. The predicted molar refractivity (Wildman–Crippen MR) is 64.8 cm³/mol. The lowest BCUT2D eigenvalue weighted by Gasteiger charge is -2.35. The summed E-state index contributed by atoms with van der Waals surface area (Å²) in [6, 6.07) is 0.463. The number of carbonyl (C=O) groups excluding carboxylic acids is 1. The Labute approximate surface area is 98.6 Å². The fraction of sp³-hybridized carbons (Fsp3) is 0.923. The highest BCUT2D eigenvalue weighted by Crippen LogP contribution is 2.37. The van der Waals surface area contributed by atoms with Gasteiger partial charge in [-0.15, -0.1) is 0 Å². The third kappa shape index (κ3) is 1.86. The first-order valence-electron chi connectivity index (χ1n) is 6.57. The molecule has 3 heteroatoms. The Kier molecular flexibility index (Phi) is 3.24. The predicted octanol–water partition coefficient (Wildman–Crippen LogP) is 1.83. The minimum absolute atomic E-state index is 0.255. The van der Waals surface area contributed by atoms with Crippen LogP contribution in [-0.2, 0) is 4.79 Å². The summed E-state index contributed by atoms with van der Waals surface area (Å²) in [5.74, 6) is 2.19. The Hall–Kier alpha value is -0.570. The van der Waals surface area contributed by atoms with Gasteiger partial charge in [-0.2, -0.15) is 0 Å². The van der Waals surface area contributed by atoms with E-state index in [2.05, 4.69) is 37.9 Å². The van der Waals surface area contributed by atoms with Crippen LogP contribution in [0.2, 0.25) is 0 Å². The summed E-state index contributed by atoms with van der Waals surface area (Å²) in [5.41, 5.74) is 0. The van der Waals surface area contributed by atoms with Crippen LogP contribution in [0.5, 0.6) is 0 Å². The molecule has 1 saturated heterocycles. The van der Waals surface area contributed by atoms with Gasteiger partial charge in [-0.05, 0) is 30.6 Å². The van der Waals surface area contributed by atoms with E-state index in [1.54, 1.807) is 0 Å². The van der Waals surface area contributed by atoms with Crippen molar-refractivity contribution in [3.63, 3.8) is 0 Å². The van der Waals surface area contributed by atoms with E-state index in [0.29, 0.717) is 30.3 Å². The highest BCUT2D eigenvalue weighted by atomic mass is 16.2.